The van der Waals surface area contributed by atoms with Crippen LogP contribution >= 0.6 is 0 Å². The summed E-state index contributed by atoms with van der Waals surface area (Å²) < 4.78 is 5.54. The Morgan fingerprint density at radius 1 is 1.20 bits per heavy atom. The molecule has 2 aromatic heterocycles. The summed E-state index contributed by atoms with van der Waals surface area (Å²) >= 11 is 0. The molecule has 0 amide bonds. The highest BCUT2D eigenvalue weighted by atomic mass is 16.6. The third-order valence-corrected chi connectivity index (χ3v) is 5.11. The van der Waals surface area contributed by atoms with Gasteiger partial charge in [-0.1, -0.05) is 25.9 Å². The fourth-order valence-electron chi connectivity index (χ4n) is 3.17. The van der Waals surface area contributed by atoms with E-state index in [0.29, 0.717) is 29.0 Å². The summed E-state index contributed by atoms with van der Waals surface area (Å²) in [6, 6.07) is 7.96. The van der Waals surface area contributed by atoms with E-state index in [9.17, 15) is 10.1 Å². The van der Waals surface area contributed by atoms with Crippen molar-refractivity contribution in [3.8, 4) is 11.4 Å². The number of hydrogen-bond donors (Lipinski definition) is 1. The first kappa shape index (κ1) is 19.9. The highest BCUT2D eigenvalue weighted by Crippen LogP contribution is 2.39. The van der Waals surface area contributed by atoms with Crippen molar-refractivity contribution in [2.45, 2.75) is 52.0 Å². The molecule has 1 aliphatic carbocycles. The monoisotopic (exact) mass is 408 g/mol. The van der Waals surface area contributed by atoms with Crippen LogP contribution in [0.3, 0.4) is 0 Å². The van der Waals surface area contributed by atoms with E-state index in [1.165, 1.54) is 12.1 Å². The van der Waals surface area contributed by atoms with Crippen molar-refractivity contribution in [1.82, 2.24) is 20.1 Å². The minimum Gasteiger partial charge on any atom is -0.358 e. The molecule has 4 rings (SSSR count). The largest absolute Gasteiger partial charge is 0.358 e. The zero-order valence-corrected chi connectivity index (χ0v) is 17.2. The van der Waals surface area contributed by atoms with Gasteiger partial charge in [-0.15, -0.1) is 0 Å². The maximum atomic E-state index is 10.9. The molecule has 0 aliphatic heterocycles. The maximum Gasteiger partial charge on any atom is 0.269 e. The molecule has 1 aromatic carbocycles. The Labute approximate surface area is 174 Å². The Hall–Kier alpha value is -3.36. The second-order valence-corrected chi connectivity index (χ2v) is 7.86. The minimum absolute atomic E-state index is 0.0338. The third-order valence-electron chi connectivity index (χ3n) is 5.11. The number of nitrogens with one attached hydrogen (secondary N) is 1. The summed E-state index contributed by atoms with van der Waals surface area (Å²) in [5, 5.41) is 18.5. The summed E-state index contributed by atoms with van der Waals surface area (Å²) in [5.74, 6) is 3.12. The summed E-state index contributed by atoms with van der Waals surface area (Å²) in [4.78, 5) is 24.3. The van der Waals surface area contributed by atoms with Gasteiger partial charge >= 0.3 is 0 Å². The molecular weight excluding hydrogens is 384 g/mol. The van der Waals surface area contributed by atoms with Crippen LogP contribution < -0.4 is 5.32 Å². The molecule has 1 fully saturated rings. The quantitative estimate of drug-likeness (QED) is 0.421. The summed E-state index contributed by atoms with van der Waals surface area (Å²) in [7, 11) is 0. The molecule has 0 bridgehead atoms. The molecule has 9 nitrogen and oxygen atoms in total. The molecule has 1 N–H and O–H groups in total. The third kappa shape index (κ3) is 4.29. The fourth-order valence-corrected chi connectivity index (χ4v) is 3.17. The van der Waals surface area contributed by atoms with E-state index in [0.717, 1.165) is 30.8 Å². The highest BCUT2D eigenvalue weighted by Gasteiger charge is 2.31. The molecule has 0 spiro atoms. The number of non-ortho nitro benzene ring substituents is 1. The Morgan fingerprint density at radius 2 is 1.93 bits per heavy atom. The standard InChI is InChI=1S/C21H24N6O3/c1-4-15-11-17(24-19(22-15)13-7-9-16(10-8-13)27(28)29)23-18(12(2)3)21-25-20(26-30-21)14-5-6-14/h7-12,14,18H,4-6H2,1-3H3,(H,22,23,24). The van der Waals surface area contributed by atoms with E-state index in [4.69, 9.17) is 4.52 Å². The lowest BCUT2D eigenvalue weighted by Crippen LogP contribution is -2.18. The van der Waals surface area contributed by atoms with Crippen LogP contribution in [0.25, 0.3) is 11.4 Å². The van der Waals surface area contributed by atoms with Gasteiger partial charge in [0.15, 0.2) is 11.6 Å². The zero-order valence-electron chi connectivity index (χ0n) is 17.2. The molecule has 3 aromatic rings. The normalized spacial score (nSPS) is 14.7. The number of nitro benzene ring substituents is 1. The van der Waals surface area contributed by atoms with Crippen LogP contribution in [-0.2, 0) is 6.42 Å². The van der Waals surface area contributed by atoms with Crippen LogP contribution in [0.4, 0.5) is 11.5 Å². The van der Waals surface area contributed by atoms with Crippen LogP contribution in [0.2, 0.25) is 0 Å². The van der Waals surface area contributed by atoms with E-state index < -0.39 is 4.92 Å². The summed E-state index contributed by atoms with van der Waals surface area (Å²) in [6.07, 6.45) is 2.96. The van der Waals surface area contributed by atoms with Gasteiger partial charge in [-0.2, -0.15) is 4.98 Å². The van der Waals surface area contributed by atoms with E-state index in [1.807, 2.05) is 13.0 Å². The molecule has 9 heteroatoms. The molecule has 0 saturated heterocycles. The SMILES string of the molecule is CCc1cc(NC(c2nc(C3CC3)no2)C(C)C)nc(-c2ccc([N+](=O)[O-])cc2)n1. The Bertz CT molecular complexity index is 1040. The number of hydrogen-bond acceptors (Lipinski definition) is 8. The van der Waals surface area contributed by atoms with Gasteiger partial charge in [0, 0.05) is 35.4 Å². The maximum absolute atomic E-state index is 10.9. The molecule has 30 heavy (non-hydrogen) atoms. The second kappa shape index (κ2) is 8.17. The topological polar surface area (TPSA) is 120 Å². The fraction of sp³-hybridized carbons (Fsp3) is 0.429. The van der Waals surface area contributed by atoms with E-state index in [-0.39, 0.29) is 17.6 Å². The highest BCUT2D eigenvalue weighted by molar-refractivity contribution is 5.59. The van der Waals surface area contributed by atoms with E-state index >= 15 is 0 Å². The smallest absolute Gasteiger partial charge is 0.269 e. The van der Waals surface area contributed by atoms with Crippen molar-refractivity contribution in [2.75, 3.05) is 5.32 Å². The average Bonchev–Trinajstić information content (AvgIpc) is 3.49. The van der Waals surface area contributed by atoms with E-state index in [1.54, 1.807) is 12.1 Å². The predicted molar refractivity (Wildman–Crippen MR) is 111 cm³/mol. The zero-order chi connectivity index (χ0) is 21.3. The number of aromatic nitrogens is 4. The molecule has 1 aliphatic rings. The Balaban J connectivity index is 1.63. The molecule has 0 radical (unpaired) electrons. The van der Waals surface area contributed by atoms with Gasteiger partial charge in [-0.25, -0.2) is 9.97 Å². The number of nitro groups is 1. The van der Waals surface area contributed by atoms with Crippen LogP contribution in [0.1, 0.15) is 63.0 Å². The van der Waals surface area contributed by atoms with Crippen molar-refractivity contribution in [3.63, 3.8) is 0 Å². The van der Waals surface area contributed by atoms with Gasteiger partial charge in [-0.3, -0.25) is 10.1 Å². The number of aryl methyl sites for hydroxylation is 1. The van der Waals surface area contributed by atoms with E-state index in [2.05, 4.69) is 39.3 Å². The second-order valence-electron chi connectivity index (χ2n) is 7.86. The number of rotatable bonds is 8. The first-order chi connectivity index (χ1) is 14.4. The first-order valence-corrected chi connectivity index (χ1v) is 10.2. The summed E-state index contributed by atoms with van der Waals surface area (Å²) in [6.45, 7) is 6.18. The van der Waals surface area contributed by atoms with Crippen molar-refractivity contribution >= 4 is 11.5 Å². The van der Waals surface area contributed by atoms with Crippen LogP contribution in [0.5, 0.6) is 0 Å². The average molecular weight is 408 g/mol. The van der Waals surface area contributed by atoms with Crippen LogP contribution in [0, 0.1) is 16.0 Å². The summed E-state index contributed by atoms with van der Waals surface area (Å²) in [5.41, 5.74) is 1.62. The lowest BCUT2D eigenvalue weighted by molar-refractivity contribution is -0.384. The Morgan fingerprint density at radius 3 is 2.53 bits per heavy atom. The molecule has 1 atom stereocenters. The van der Waals surface area contributed by atoms with Gasteiger partial charge in [0.25, 0.3) is 5.69 Å². The molecule has 2 heterocycles. The van der Waals surface area contributed by atoms with Crippen molar-refractivity contribution in [3.05, 3.63) is 57.9 Å². The number of nitrogens with zero attached hydrogens (tertiary/aromatic N) is 5. The molecule has 156 valence electrons. The predicted octanol–water partition coefficient (Wildman–Crippen LogP) is 4.68. The van der Waals surface area contributed by atoms with Crippen LogP contribution in [0.15, 0.2) is 34.9 Å². The van der Waals surface area contributed by atoms with Gasteiger partial charge < -0.3 is 9.84 Å². The molecular formula is C21H24N6O3. The lowest BCUT2D eigenvalue weighted by atomic mass is 10.0. The lowest BCUT2D eigenvalue weighted by Gasteiger charge is -2.20. The minimum atomic E-state index is -0.423. The van der Waals surface area contributed by atoms with Crippen LogP contribution in [-0.4, -0.2) is 25.0 Å². The molecule has 1 saturated carbocycles. The molecule has 1 unspecified atom stereocenters. The van der Waals surface area contributed by atoms with Gasteiger partial charge in [0.1, 0.15) is 11.9 Å². The number of benzene rings is 1. The Kier molecular flexibility index (Phi) is 5.43. The van der Waals surface area contributed by atoms with Crippen molar-refractivity contribution in [2.24, 2.45) is 5.92 Å². The number of anilines is 1. The van der Waals surface area contributed by atoms with Gasteiger partial charge in [0.05, 0.1) is 4.92 Å². The van der Waals surface area contributed by atoms with Crippen molar-refractivity contribution < 1.29 is 9.45 Å². The van der Waals surface area contributed by atoms with Crippen molar-refractivity contribution in [1.29, 1.82) is 0 Å². The van der Waals surface area contributed by atoms with Gasteiger partial charge in [0.2, 0.25) is 5.89 Å². The first-order valence-electron chi connectivity index (χ1n) is 10.2. The van der Waals surface area contributed by atoms with Gasteiger partial charge in [-0.05, 0) is 37.3 Å².